The number of halogens is 1. The van der Waals surface area contributed by atoms with Crippen molar-refractivity contribution in [3.8, 4) is 11.3 Å². The normalized spacial score (nSPS) is 10.3. The molecule has 0 saturated heterocycles. The van der Waals surface area contributed by atoms with Crippen LogP contribution in [0.3, 0.4) is 0 Å². The number of amides is 1. The van der Waals surface area contributed by atoms with E-state index in [1.807, 2.05) is 6.07 Å². The van der Waals surface area contributed by atoms with Gasteiger partial charge in [-0.3, -0.25) is 14.8 Å². The van der Waals surface area contributed by atoms with Crippen LogP contribution in [0.2, 0.25) is 0 Å². The molecule has 0 unspecified atom stereocenters. The summed E-state index contributed by atoms with van der Waals surface area (Å²) in [7, 11) is 0. The van der Waals surface area contributed by atoms with E-state index in [0.717, 1.165) is 5.56 Å². The third-order valence-corrected chi connectivity index (χ3v) is 3.23. The van der Waals surface area contributed by atoms with Gasteiger partial charge >= 0.3 is 0 Å². The molecule has 3 rings (SSSR count). The highest BCUT2D eigenvalue weighted by Crippen LogP contribution is 2.17. The molecule has 1 aromatic carbocycles. The smallest absolute Gasteiger partial charge is 0.276 e. The second-order valence-corrected chi connectivity index (χ2v) is 4.89. The number of benzene rings is 1. The van der Waals surface area contributed by atoms with Crippen LogP contribution in [0.15, 0.2) is 55.0 Å². The Balaban J connectivity index is 0.00000156. The van der Waals surface area contributed by atoms with E-state index in [9.17, 15) is 9.18 Å². The topological polar surface area (TPSA) is 67.8 Å². The van der Waals surface area contributed by atoms with Gasteiger partial charge in [-0.1, -0.05) is 0 Å². The predicted molar refractivity (Wildman–Crippen MR) is 88.6 cm³/mol. The highest BCUT2D eigenvalue weighted by molar-refractivity contribution is 6.03. The van der Waals surface area contributed by atoms with Gasteiger partial charge in [0.2, 0.25) is 0 Å². The minimum atomic E-state index is -0.396. The summed E-state index contributed by atoms with van der Waals surface area (Å²) in [5.41, 5.74) is 2.56. The van der Waals surface area contributed by atoms with Crippen molar-refractivity contribution >= 4 is 11.6 Å². The maximum Gasteiger partial charge on any atom is 0.276 e. The van der Waals surface area contributed by atoms with Crippen molar-refractivity contribution in [2.24, 2.45) is 0 Å². The Morgan fingerprint density at radius 2 is 1.96 bits per heavy atom. The quantitative estimate of drug-likeness (QED) is 0.800. The molecule has 0 aliphatic heterocycles. The number of nitrogens with zero attached hydrogens (tertiary/aromatic N) is 3. The molecule has 0 aliphatic rings. The number of carbonyl (C=O) groups excluding carboxylic acids is 1. The van der Waals surface area contributed by atoms with Crippen LogP contribution >= 0.6 is 0 Å². The van der Waals surface area contributed by atoms with E-state index in [1.165, 1.54) is 24.3 Å². The van der Waals surface area contributed by atoms with Gasteiger partial charge in [-0.2, -0.15) is 0 Å². The lowest BCUT2D eigenvalue weighted by atomic mass is 10.2. The second kappa shape index (κ2) is 6.31. The lowest BCUT2D eigenvalue weighted by molar-refractivity contribution is 0.102. The lowest BCUT2D eigenvalue weighted by Crippen LogP contribution is -2.16. The predicted octanol–water partition coefficient (Wildman–Crippen LogP) is 3.73. The van der Waals surface area contributed by atoms with Crippen molar-refractivity contribution in [1.82, 2.24) is 15.0 Å². The molecule has 0 atom stereocenters. The second-order valence-electron chi connectivity index (χ2n) is 4.89. The highest BCUT2D eigenvalue weighted by atomic mass is 19.1. The highest BCUT2D eigenvalue weighted by Gasteiger charge is 2.14. The molecule has 2 aromatic heterocycles. The molecule has 0 bridgehead atoms. The lowest BCUT2D eigenvalue weighted by Gasteiger charge is -2.08. The van der Waals surface area contributed by atoms with Gasteiger partial charge in [0.05, 0.1) is 17.6 Å². The number of hydrogen-bond acceptors (Lipinski definition) is 4. The van der Waals surface area contributed by atoms with Crippen molar-refractivity contribution < 1.29 is 12.0 Å². The molecule has 118 valence electrons. The molecule has 1 amide bonds. The van der Waals surface area contributed by atoms with Crippen molar-refractivity contribution in [2.75, 3.05) is 5.32 Å². The third-order valence-electron chi connectivity index (χ3n) is 3.23. The van der Waals surface area contributed by atoms with Gasteiger partial charge in [-0.25, -0.2) is 9.37 Å². The first-order valence-corrected chi connectivity index (χ1v) is 6.94. The first kappa shape index (κ1) is 14.8. The van der Waals surface area contributed by atoms with Crippen molar-refractivity contribution in [3.05, 3.63) is 72.2 Å². The SMILES string of the molecule is Cc1ncc(-c2cccnc2)nc1C(=O)Nc1ccc(F)cc1.[HH].[HH]. The zero-order valence-electron chi connectivity index (χ0n) is 12.3. The molecule has 1 N–H and O–H groups in total. The maximum atomic E-state index is 12.9. The summed E-state index contributed by atoms with van der Waals surface area (Å²) in [5, 5.41) is 2.68. The Kier molecular flexibility index (Phi) is 4.05. The number of nitrogens with one attached hydrogen (secondary N) is 1. The molecular weight excluding hydrogens is 295 g/mol. The standard InChI is InChI=1S/C17H13FN4O.2H2/c1-11-16(17(23)21-14-6-4-13(18)5-7-14)22-15(10-20-11)12-3-2-8-19-9-12;;/h2-10H,1H3,(H,21,23);2*1H. The molecule has 2 heterocycles. The Labute approximate surface area is 135 Å². The molecular formula is C17H17FN4O. The van der Waals surface area contributed by atoms with Crippen LogP contribution in [0.4, 0.5) is 10.1 Å². The first-order valence-electron chi connectivity index (χ1n) is 6.94. The van der Waals surface area contributed by atoms with Crippen LogP contribution in [0.5, 0.6) is 0 Å². The fourth-order valence-electron chi connectivity index (χ4n) is 2.04. The molecule has 0 saturated carbocycles. The van der Waals surface area contributed by atoms with Crippen LogP contribution in [0, 0.1) is 12.7 Å². The average molecular weight is 312 g/mol. The van der Waals surface area contributed by atoms with E-state index < -0.39 is 5.91 Å². The fourth-order valence-corrected chi connectivity index (χ4v) is 2.04. The van der Waals surface area contributed by atoms with Crippen LogP contribution in [0.1, 0.15) is 19.0 Å². The van der Waals surface area contributed by atoms with E-state index in [0.29, 0.717) is 17.1 Å². The molecule has 0 fully saturated rings. The molecule has 5 nitrogen and oxygen atoms in total. The number of aromatic nitrogens is 3. The summed E-state index contributed by atoms with van der Waals surface area (Å²) >= 11 is 0. The van der Waals surface area contributed by atoms with Crippen molar-refractivity contribution in [1.29, 1.82) is 0 Å². The third kappa shape index (κ3) is 3.37. The first-order chi connectivity index (χ1) is 11.1. The van der Waals surface area contributed by atoms with Gasteiger partial charge in [-0.05, 0) is 43.3 Å². The molecule has 6 heteroatoms. The van der Waals surface area contributed by atoms with Gasteiger partial charge in [0.1, 0.15) is 11.5 Å². The monoisotopic (exact) mass is 312 g/mol. The largest absolute Gasteiger partial charge is 0.321 e. The number of rotatable bonds is 3. The fraction of sp³-hybridized carbons (Fsp3) is 0.0588. The van der Waals surface area contributed by atoms with Gasteiger partial charge in [0.25, 0.3) is 5.91 Å². The molecule has 3 aromatic rings. The van der Waals surface area contributed by atoms with E-state index in [1.54, 1.807) is 31.6 Å². The van der Waals surface area contributed by atoms with Gasteiger partial charge in [0.15, 0.2) is 0 Å². The average Bonchev–Trinajstić information content (AvgIpc) is 2.58. The number of hydrogen-bond donors (Lipinski definition) is 1. The zero-order chi connectivity index (χ0) is 16.2. The summed E-state index contributed by atoms with van der Waals surface area (Å²) in [4.78, 5) is 25.0. The van der Waals surface area contributed by atoms with E-state index in [-0.39, 0.29) is 14.4 Å². The summed E-state index contributed by atoms with van der Waals surface area (Å²) in [6.45, 7) is 1.71. The molecule has 23 heavy (non-hydrogen) atoms. The Morgan fingerprint density at radius 1 is 1.17 bits per heavy atom. The number of anilines is 1. The number of pyridine rings is 1. The summed E-state index contributed by atoms with van der Waals surface area (Å²) in [6.07, 6.45) is 4.91. The van der Waals surface area contributed by atoms with Gasteiger partial charge in [-0.15, -0.1) is 0 Å². The minimum Gasteiger partial charge on any atom is -0.321 e. The number of aryl methyl sites for hydroxylation is 1. The Bertz CT molecular complexity index is 845. The van der Waals surface area contributed by atoms with Crippen LogP contribution < -0.4 is 5.32 Å². The minimum absolute atomic E-state index is 0. The van der Waals surface area contributed by atoms with Crippen molar-refractivity contribution in [3.63, 3.8) is 0 Å². The van der Waals surface area contributed by atoms with E-state index >= 15 is 0 Å². The summed E-state index contributed by atoms with van der Waals surface area (Å²) in [5.74, 6) is -0.759. The van der Waals surface area contributed by atoms with Gasteiger partial charge in [0, 0.05) is 26.5 Å². The van der Waals surface area contributed by atoms with Crippen molar-refractivity contribution in [2.45, 2.75) is 6.92 Å². The van der Waals surface area contributed by atoms with E-state index in [4.69, 9.17) is 0 Å². The molecule has 0 aliphatic carbocycles. The summed E-state index contributed by atoms with van der Waals surface area (Å²) in [6, 6.07) is 9.16. The van der Waals surface area contributed by atoms with Crippen LogP contribution in [-0.2, 0) is 0 Å². The van der Waals surface area contributed by atoms with E-state index in [2.05, 4.69) is 20.3 Å². The Morgan fingerprint density at radius 3 is 2.65 bits per heavy atom. The molecule has 0 radical (unpaired) electrons. The Hall–Kier alpha value is -3.15. The zero-order valence-corrected chi connectivity index (χ0v) is 12.3. The molecule has 0 spiro atoms. The summed E-state index contributed by atoms with van der Waals surface area (Å²) < 4.78 is 12.9. The van der Waals surface area contributed by atoms with Gasteiger partial charge < -0.3 is 5.32 Å². The number of carbonyl (C=O) groups is 1. The maximum absolute atomic E-state index is 12.9. The van der Waals surface area contributed by atoms with Crippen LogP contribution in [0.25, 0.3) is 11.3 Å². The van der Waals surface area contributed by atoms with Crippen LogP contribution in [-0.4, -0.2) is 20.9 Å².